The monoisotopic (exact) mass is 420 g/mol. The van der Waals surface area contributed by atoms with Crippen molar-refractivity contribution in [3.05, 3.63) is 65.2 Å². The second kappa shape index (κ2) is 8.37. The van der Waals surface area contributed by atoms with Crippen LogP contribution < -0.4 is 10.2 Å². The van der Waals surface area contributed by atoms with Gasteiger partial charge in [-0.25, -0.2) is 4.79 Å². The minimum absolute atomic E-state index is 0.0968. The van der Waals surface area contributed by atoms with Crippen molar-refractivity contribution in [1.82, 2.24) is 5.32 Å². The lowest BCUT2D eigenvalue weighted by Gasteiger charge is -2.39. The van der Waals surface area contributed by atoms with Gasteiger partial charge in [0.25, 0.3) is 5.91 Å². The maximum atomic E-state index is 13.6. The van der Waals surface area contributed by atoms with E-state index >= 15 is 0 Å². The summed E-state index contributed by atoms with van der Waals surface area (Å²) in [6.45, 7) is 7.49. The predicted octanol–water partition coefficient (Wildman–Crippen LogP) is 5.50. The molecule has 0 saturated heterocycles. The summed E-state index contributed by atoms with van der Waals surface area (Å²) in [5, 5.41) is 2.81. The predicted molar refractivity (Wildman–Crippen MR) is 122 cm³/mol. The first-order valence-electron chi connectivity index (χ1n) is 11.2. The highest BCUT2D eigenvalue weighted by Crippen LogP contribution is 2.41. The number of nitrogens with zero attached hydrogens (tertiary/aromatic N) is 1. The molecule has 2 amide bonds. The molecule has 1 heterocycles. The van der Waals surface area contributed by atoms with Gasteiger partial charge in [0.15, 0.2) is 0 Å². The molecule has 1 aliphatic carbocycles. The normalized spacial score (nSPS) is 19.9. The van der Waals surface area contributed by atoms with E-state index in [0.717, 1.165) is 16.8 Å². The minimum Gasteiger partial charge on any atom is -0.444 e. The first-order chi connectivity index (χ1) is 14.7. The molecule has 0 aromatic heterocycles. The summed E-state index contributed by atoms with van der Waals surface area (Å²) >= 11 is 0. The lowest BCUT2D eigenvalue weighted by atomic mass is 9.79. The minimum atomic E-state index is -0.650. The second-order valence-electron chi connectivity index (χ2n) is 9.71. The van der Waals surface area contributed by atoms with Crippen molar-refractivity contribution >= 4 is 17.7 Å². The Hall–Kier alpha value is -2.82. The van der Waals surface area contributed by atoms with Crippen molar-refractivity contribution in [1.29, 1.82) is 0 Å². The van der Waals surface area contributed by atoms with Gasteiger partial charge in [0.05, 0.1) is 6.04 Å². The maximum Gasteiger partial charge on any atom is 0.408 e. The molecule has 2 aromatic carbocycles. The Bertz CT molecular complexity index is 960. The Morgan fingerprint density at radius 3 is 2.45 bits per heavy atom. The van der Waals surface area contributed by atoms with Gasteiger partial charge in [0.1, 0.15) is 11.6 Å². The summed E-state index contributed by atoms with van der Waals surface area (Å²) in [5.74, 6) is 0.493. The van der Waals surface area contributed by atoms with Gasteiger partial charge in [-0.3, -0.25) is 4.79 Å². The zero-order valence-corrected chi connectivity index (χ0v) is 18.9. The molecule has 0 bridgehead atoms. The van der Waals surface area contributed by atoms with Crippen LogP contribution in [0.2, 0.25) is 0 Å². The molecule has 1 saturated carbocycles. The van der Waals surface area contributed by atoms with Gasteiger partial charge in [-0.1, -0.05) is 48.9 Å². The van der Waals surface area contributed by atoms with E-state index in [1.165, 1.54) is 24.8 Å². The number of carbonyl (C=O) groups excluding carboxylic acids is 2. The molecule has 1 aliphatic heterocycles. The van der Waals surface area contributed by atoms with Crippen LogP contribution in [0.4, 0.5) is 10.5 Å². The summed E-state index contributed by atoms with van der Waals surface area (Å²) in [7, 11) is 0. The SMILES string of the molecule is C[C@@H](c1ccccc1)N1C(=O)[C@H](NC(=O)OC(C)(C)C)Cc2ccc(C3CCC3)cc21. The largest absolute Gasteiger partial charge is 0.444 e. The third-order valence-corrected chi connectivity index (χ3v) is 6.27. The van der Waals surface area contributed by atoms with Crippen LogP contribution in [0.3, 0.4) is 0 Å². The van der Waals surface area contributed by atoms with Crippen LogP contribution in [0.25, 0.3) is 0 Å². The van der Waals surface area contributed by atoms with E-state index in [1.807, 2.05) is 62.9 Å². The number of hydrogen-bond donors (Lipinski definition) is 1. The summed E-state index contributed by atoms with van der Waals surface area (Å²) in [6, 6.07) is 15.7. The van der Waals surface area contributed by atoms with Gasteiger partial charge in [-0.05, 0) is 69.2 Å². The zero-order valence-electron chi connectivity index (χ0n) is 18.9. The third-order valence-electron chi connectivity index (χ3n) is 6.27. The first kappa shape index (κ1) is 21.4. The van der Waals surface area contributed by atoms with Crippen LogP contribution in [0.1, 0.15) is 75.6 Å². The first-order valence-corrected chi connectivity index (χ1v) is 11.2. The van der Waals surface area contributed by atoms with Crippen LogP contribution in [-0.2, 0) is 16.0 Å². The molecule has 5 heteroatoms. The molecule has 0 spiro atoms. The highest BCUT2D eigenvalue weighted by atomic mass is 16.6. The van der Waals surface area contributed by atoms with Crippen molar-refractivity contribution in [2.45, 2.75) is 77.0 Å². The smallest absolute Gasteiger partial charge is 0.408 e. The highest BCUT2D eigenvalue weighted by Gasteiger charge is 2.38. The number of ether oxygens (including phenoxy) is 1. The Balaban J connectivity index is 1.68. The topological polar surface area (TPSA) is 58.6 Å². The molecule has 2 aliphatic rings. The quantitative estimate of drug-likeness (QED) is 0.711. The van der Waals surface area contributed by atoms with Gasteiger partial charge < -0.3 is 15.0 Å². The average Bonchev–Trinajstić information content (AvgIpc) is 2.66. The van der Waals surface area contributed by atoms with Crippen LogP contribution in [-0.4, -0.2) is 23.6 Å². The highest BCUT2D eigenvalue weighted by molar-refractivity contribution is 6.02. The fraction of sp³-hybridized carbons (Fsp3) is 0.462. The molecular weight excluding hydrogens is 388 g/mol. The number of rotatable bonds is 4. The lowest BCUT2D eigenvalue weighted by molar-refractivity contribution is -0.121. The molecule has 2 aromatic rings. The molecule has 5 nitrogen and oxygen atoms in total. The third kappa shape index (κ3) is 4.60. The molecule has 164 valence electrons. The van der Waals surface area contributed by atoms with E-state index in [1.54, 1.807) is 0 Å². The molecular formula is C26H32N2O3. The molecule has 0 radical (unpaired) electrons. The van der Waals surface area contributed by atoms with Crippen molar-refractivity contribution in [2.24, 2.45) is 0 Å². The number of nitrogens with one attached hydrogen (secondary N) is 1. The van der Waals surface area contributed by atoms with Crippen LogP contribution in [0.5, 0.6) is 0 Å². The molecule has 31 heavy (non-hydrogen) atoms. The summed E-state index contributed by atoms with van der Waals surface area (Å²) in [4.78, 5) is 27.9. The number of fused-ring (bicyclic) bond motifs is 1. The molecule has 1 N–H and O–H groups in total. The Labute approximate surface area is 184 Å². The number of benzene rings is 2. The number of anilines is 1. The second-order valence-corrected chi connectivity index (χ2v) is 9.71. The molecule has 1 fully saturated rings. The van der Waals surface area contributed by atoms with E-state index in [0.29, 0.717) is 12.3 Å². The number of amides is 2. The Morgan fingerprint density at radius 2 is 1.84 bits per heavy atom. The van der Waals surface area contributed by atoms with Crippen LogP contribution in [0.15, 0.2) is 48.5 Å². The van der Waals surface area contributed by atoms with Gasteiger partial charge in [-0.15, -0.1) is 0 Å². The van der Waals surface area contributed by atoms with Crippen LogP contribution in [0, 0.1) is 0 Å². The van der Waals surface area contributed by atoms with Gasteiger partial charge in [0.2, 0.25) is 0 Å². The van der Waals surface area contributed by atoms with Crippen molar-refractivity contribution in [3.63, 3.8) is 0 Å². The maximum absolute atomic E-state index is 13.6. The number of alkyl carbamates (subject to hydrolysis) is 1. The van der Waals surface area contributed by atoms with E-state index in [4.69, 9.17) is 4.74 Å². The Kier molecular flexibility index (Phi) is 5.78. The van der Waals surface area contributed by atoms with E-state index in [9.17, 15) is 9.59 Å². The molecule has 2 atom stereocenters. The van der Waals surface area contributed by atoms with E-state index in [-0.39, 0.29) is 11.9 Å². The fourth-order valence-corrected chi connectivity index (χ4v) is 4.41. The van der Waals surface area contributed by atoms with Gasteiger partial charge >= 0.3 is 6.09 Å². The fourth-order valence-electron chi connectivity index (χ4n) is 4.41. The van der Waals surface area contributed by atoms with Gasteiger partial charge in [-0.2, -0.15) is 0 Å². The van der Waals surface area contributed by atoms with Crippen molar-refractivity contribution < 1.29 is 14.3 Å². The van der Waals surface area contributed by atoms with Gasteiger partial charge in [0, 0.05) is 12.1 Å². The Morgan fingerprint density at radius 1 is 1.13 bits per heavy atom. The van der Waals surface area contributed by atoms with E-state index < -0.39 is 17.7 Å². The number of hydrogen-bond acceptors (Lipinski definition) is 3. The summed E-state index contributed by atoms with van der Waals surface area (Å²) in [5.41, 5.74) is 3.80. The zero-order chi connectivity index (χ0) is 22.2. The van der Waals surface area contributed by atoms with Crippen molar-refractivity contribution in [2.75, 3.05) is 4.90 Å². The number of carbonyl (C=O) groups is 2. The molecule has 0 unspecified atom stereocenters. The summed E-state index contributed by atoms with van der Waals surface area (Å²) < 4.78 is 5.41. The molecule has 4 rings (SSSR count). The lowest BCUT2D eigenvalue weighted by Crippen LogP contribution is -2.54. The standard InChI is InChI=1S/C26H32N2O3/c1-17(18-9-6-5-7-10-18)28-23-16-20(19-11-8-12-19)13-14-21(23)15-22(24(28)29)27-25(30)31-26(2,3)4/h5-7,9-10,13-14,16-17,19,22H,8,11-12,15H2,1-4H3,(H,27,30)/t17-,22+/m0/s1. The summed E-state index contributed by atoms with van der Waals surface area (Å²) in [6.07, 6.45) is 3.60. The average molecular weight is 421 g/mol. The van der Waals surface area contributed by atoms with Crippen LogP contribution >= 0.6 is 0 Å². The van der Waals surface area contributed by atoms with Crippen molar-refractivity contribution in [3.8, 4) is 0 Å². The van der Waals surface area contributed by atoms with E-state index in [2.05, 4.69) is 23.5 Å².